The lowest BCUT2D eigenvalue weighted by molar-refractivity contribution is 0.439. The van der Waals surface area contributed by atoms with E-state index in [0.717, 1.165) is 12.1 Å². The summed E-state index contributed by atoms with van der Waals surface area (Å²) >= 11 is 0. The summed E-state index contributed by atoms with van der Waals surface area (Å²) in [4.78, 5) is 3.22. The van der Waals surface area contributed by atoms with E-state index < -0.39 is 15.6 Å². The molecule has 0 unspecified atom stereocenters. The smallest absolute Gasteiger partial charge is 0.242 e. The van der Waals surface area contributed by atoms with Gasteiger partial charge in [-0.1, -0.05) is 6.92 Å². The number of sulfonamides is 1. The number of hydrogen-bond donors (Lipinski definition) is 3. The maximum absolute atomic E-state index is 12.1. The molecule has 6 heteroatoms. The lowest BCUT2D eigenvalue weighted by Crippen LogP contribution is -2.42. The standard InChI is InChI=1S/C11H21N3O2S/c1-5-11(2,3)14-17(15,16)10-6-9(7-12-4)13-8-10/h6,8,12-14H,5,7H2,1-4H3. The second-order valence-electron chi connectivity index (χ2n) is 4.73. The minimum absolute atomic E-state index is 0.282. The molecule has 17 heavy (non-hydrogen) atoms. The number of rotatable bonds is 6. The molecule has 0 spiro atoms. The summed E-state index contributed by atoms with van der Waals surface area (Å²) in [5, 5.41) is 2.96. The van der Waals surface area contributed by atoms with Gasteiger partial charge in [-0.05, 0) is 33.4 Å². The molecule has 5 nitrogen and oxygen atoms in total. The first kappa shape index (κ1) is 14.2. The van der Waals surface area contributed by atoms with Crippen molar-refractivity contribution >= 4 is 10.0 Å². The van der Waals surface area contributed by atoms with Crippen molar-refractivity contribution in [2.75, 3.05) is 7.05 Å². The van der Waals surface area contributed by atoms with Crippen LogP contribution in [-0.4, -0.2) is 26.0 Å². The van der Waals surface area contributed by atoms with Crippen molar-refractivity contribution in [1.82, 2.24) is 15.0 Å². The van der Waals surface area contributed by atoms with Crippen LogP contribution in [0.2, 0.25) is 0 Å². The van der Waals surface area contributed by atoms with Gasteiger partial charge in [0, 0.05) is 24.0 Å². The Bertz CT molecular complexity index is 463. The van der Waals surface area contributed by atoms with E-state index in [1.807, 2.05) is 27.8 Å². The summed E-state index contributed by atoms with van der Waals surface area (Å²) in [6.45, 7) is 6.30. The van der Waals surface area contributed by atoms with Crippen LogP contribution in [0.4, 0.5) is 0 Å². The van der Waals surface area contributed by atoms with Gasteiger partial charge in [0.05, 0.1) is 4.90 Å². The third-order valence-electron chi connectivity index (χ3n) is 2.69. The van der Waals surface area contributed by atoms with E-state index in [4.69, 9.17) is 0 Å². The van der Waals surface area contributed by atoms with Gasteiger partial charge in [0.25, 0.3) is 0 Å². The third kappa shape index (κ3) is 3.83. The number of aromatic nitrogens is 1. The fourth-order valence-electron chi connectivity index (χ4n) is 1.36. The van der Waals surface area contributed by atoms with Crippen LogP contribution in [0.5, 0.6) is 0 Å². The Balaban J connectivity index is 2.89. The SMILES string of the molecule is CCC(C)(C)NS(=O)(=O)c1c[nH]c(CNC)c1. The van der Waals surface area contributed by atoms with E-state index in [1.165, 1.54) is 6.20 Å². The highest BCUT2D eigenvalue weighted by atomic mass is 32.2. The van der Waals surface area contributed by atoms with Gasteiger partial charge >= 0.3 is 0 Å². The predicted molar refractivity (Wildman–Crippen MR) is 68.2 cm³/mol. The second kappa shape index (κ2) is 5.20. The zero-order valence-electron chi connectivity index (χ0n) is 10.8. The normalized spacial score (nSPS) is 12.9. The summed E-state index contributed by atoms with van der Waals surface area (Å²) in [6, 6.07) is 1.64. The minimum atomic E-state index is -3.44. The average Bonchev–Trinajstić information content (AvgIpc) is 2.66. The quantitative estimate of drug-likeness (QED) is 0.718. The molecule has 0 bridgehead atoms. The molecule has 1 aromatic heterocycles. The fourth-order valence-corrected chi connectivity index (χ4v) is 2.86. The molecule has 0 amide bonds. The molecule has 1 rings (SSSR count). The summed E-state index contributed by atoms with van der Waals surface area (Å²) < 4.78 is 26.8. The predicted octanol–water partition coefficient (Wildman–Crippen LogP) is 1.20. The van der Waals surface area contributed by atoms with Crippen molar-refractivity contribution in [3.05, 3.63) is 18.0 Å². The van der Waals surface area contributed by atoms with Crippen LogP contribution in [0.25, 0.3) is 0 Å². The van der Waals surface area contributed by atoms with E-state index in [2.05, 4.69) is 15.0 Å². The largest absolute Gasteiger partial charge is 0.363 e. The molecule has 1 aromatic rings. The van der Waals surface area contributed by atoms with Gasteiger partial charge in [0.1, 0.15) is 0 Å². The zero-order valence-corrected chi connectivity index (χ0v) is 11.6. The van der Waals surface area contributed by atoms with Gasteiger partial charge in [0.2, 0.25) is 10.0 Å². The van der Waals surface area contributed by atoms with Crippen molar-refractivity contribution in [2.45, 2.75) is 44.2 Å². The maximum atomic E-state index is 12.1. The first-order valence-corrected chi connectivity index (χ1v) is 7.15. The Kier molecular flexibility index (Phi) is 4.35. The molecular formula is C11H21N3O2S. The molecular weight excluding hydrogens is 238 g/mol. The Hall–Kier alpha value is -0.850. The van der Waals surface area contributed by atoms with Crippen LogP contribution in [0, 0.1) is 0 Å². The number of nitrogens with one attached hydrogen (secondary N) is 3. The number of H-pyrrole nitrogens is 1. The first-order valence-electron chi connectivity index (χ1n) is 5.66. The van der Waals surface area contributed by atoms with E-state index in [0.29, 0.717) is 6.54 Å². The van der Waals surface area contributed by atoms with Gasteiger partial charge in [-0.15, -0.1) is 0 Å². The summed E-state index contributed by atoms with van der Waals surface area (Å²) in [5.41, 5.74) is 0.418. The average molecular weight is 259 g/mol. The van der Waals surface area contributed by atoms with Gasteiger partial charge in [-0.2, -0.15) is 0 Å². The maximum Gasteiger partial charge on any atom is 0.242 e. The van der Waals surface area contributed by atoms with Gasteiger partial charge in [0.15, 0.2) is 0 Å². The molecule has 0 atom stereocenters. The molecule has 1 heterocycles. The molecule has 0 saturated heterocycles. The van der Waals surface area contributed by atoms with Crippen molar-refractivity contribution in [3.63, 3.8) is 0 Å². The molecule has 0 aliphatic rings. The topological polar surface area (TPSA) is 74.0 Å². The first-order chi connectivity index (χ1) is 7.80. The van der Waals surface area contributed by atoms with Crippen LogP contribution < -0.4 is 10.0 Å². The molecule has 0 radical (unpaired) electrons. The highest BCUT2D eigenvalue weighted by Crippen LogP contribution is 2.16. The fraction of sp³-hybridized carbons (Fsp3) is 0.636. The highest BCUT2D eigenvalue weighted by Gasteiger charge is 2.25. The molecule has 0 aliphatic heterocycles. The van der Waals surface area contributed by atoms with E-state index in [1.54, 1.807) is 6.07 Å². The molecule has 0 saturated carbocycles. The van der Waals surface area contributed by atoms with Crippen LogP contribution in [0.3, 0.4) is 0 Å². The van der Waals surface area contributed by atoms with Gasteiger partial charge < -0.3 is 10.3 Å². The lowest BCUT2D eigenvalue weighted by atomic mass is 10.0. The van der Waals surface area contributed by atoms with Crippen molar-refractivity contribution in [2.24, 2.45) is 0 Å². The van der Waals surface area contributed by atoms with Crippen LogP contribution in [-0.2, 0) is 16.6 Å². The highest BCUT2D eigenvalue weighted by molar-refractivity contribution is 7.89. The molecule has 98 valence electrons. The Labute approximate surface area is 103 Å². The van der Waals surface area contributed by atoms with Crippen LogP contribution >= 0.6 is 0 Å². The zero-order chi connectivity index (χ0) is 13.1. The molecule has 0 aromatic carbocycles. The Morgan fingerprint density at radius 2 is 2.06 bits per heavy atom. The lowest BCUT2D eigenvalue weighted by Gasteiger charge is -2.23. The van der Waals surface area contributed by atoms with Crippen molar-refractivity contribution in [1.29, 1.82) is 0 Å². The molecule has 3 N–H and O–H groups in total. The second-order valence-corrected chi connectivity index (χ2v) is 6.42. The van der Waals surface area contributed by atoms with Gasteiger partial charge in [-0.3, -0.25) is 0 Å². The minimum Gasteiger partial charge on any atom is -0.363 e. The van der Waals surface area contributed by atoms with Crippen LogP contribution in [0.1, 0.15) is 32.9 Å². The number of aromatic amines is 1. The van der Waals surface area contributed by atoms with Crippen molar-refractivity contribution in [3.8, 4) is 0 Å². The Morgan fingerprint density at radius 1 is 1.41 bits per heavy atom. The van der Waals surface area contributed by atoms with Gasteiger partial charge in [-0.25, -0.2) is 13.1 Å². The van der Waals surface area contributed by atoms with Crippen molar-refractivity contribution < 1.29 is 8.42 Å². The Morgan fingerprint density at radius 3 is 2.59 bits per heavy atom. The van der Waals surface area contributed by atoms with Crippen LogP contribution in [0.15, 0.2) is 17.2 Å². The van der Waals surface area contributed by atoms with E-state index in [-0.39, 0.29) is 4.90 Å². The third-order valence-corrected chi connectivity index (χ3v) is 4.37. The summed E-state index contributed by atoms with van der Waals surface area (Å²) in [6.07, 6.45) is 2.25. The summed E-state index contributed by atoms with van der Waals surface area (Å²) in [5.74, 6) is 0. The molecule has 0 fully saturated rings. The monoisotopic (exact) mass is 259 g/mol. The number of hydrogen-bond acceptors (Lipinski definition) is 3. The summed E-state index contributed by atoms with van der Waals surface area (Å²) in [7, 11) is -1.62. The van der Waals surface area contributed by atoms with E-state index in [9.17, 15) is 8.42 Å². The molecule has 0 aliphatic carbocycles. The van der Waals surface area contributed by atoms with E-state index >= 15 is 0 Å².